The van der Waals surface area contributed by atoms with E-state index >= 15 is 0 Å². The molecule has 186 valence electrons. The Labute approximate surface area is 215 Å². The van der Waals surface area contributed by atoms with Crippen LogP contribution in [0.2, 0.25) is 0 Å². The van der Waals surface area contributed by atoms with E-state index in [4.69, 9.17) is 10.1 Å². The van der Waals surface area contributed by atoms with Gasteiger partial charge in [0.1, 0.15) is 0 Å². The van der Waals surface area contributed by atoms with Crippen molar-refractivity contribution in [2.75, 3.05) is 0 Å². The standard InChI is InChI=1S/C29H33N5OS/c1-20-16-23(18-29(3,4)17-20)31-33-25(22-12-8-6-9-13-22)19-36-28(33)30-26-21(2)32(5)34(27(26)35)24-14-10-7-11-15-24/h6-15,19-20H,16-18H2,1-5H3. The quantitative estimate of drug-likeness (QED) is 0.325. The molecule has 0 bridgehead atoms. The van der Waals surface area contributed by atoms with Crippen LogP contribution in [0, 0.1) is 18.3 Å². The van der Waals surface area contributed by atoms with Gasteiger partial charge in [-0.25, -0.2) is 14.4 Å². The summed E-state index contributed by atoms with van der Waals surface area (Å²) in [7, 11) is 1.90. The van der Waals surface area contributed by atoms with Gasteiger partial charge < -0.3 is 0 Å². The van der Waals surface area contributed by atoms with Gasteiger partial charge in [-0.2, -0.15) is 5.10 Å². The number of rotatable bonds is 4. The summed E-state index contributed by atoms with van der Waals surface area (Å²) in [6.45, 7) is 8.88. The van der Waals surface area contributed by atoms with Crippen molar-refractivity contribution in [1.29, 1.82) is 0 Å². The molecule has 5 rings (SSSR count). The minimum Gasteiger partial charge on any atom is -0.283 e. The second-order valence-corrected chi connectivity index (χ2v) is 11.5. The van der Waals surface area contributed by atoms with Crippen LogP contribution in [-0.4, -0.2) is 19.8 Å². The third-order valence-electron chi connectivity index (χ3n) is 6.90. The van der Waals surface area contributed by atoms with Crippen LogP contribution in [0.4, 0.5) is 5.69 Å². The Balaban J connectivity index is 1.70. The van der Waals surface area contributed by atoms with Crippen molar-refractivity contribution in [3.8, 4) is 16.9 Å². The Bertz CT molecular complexity index is 1530. The van der Waals surface area contributed by atoms with Crippen LogP contribution in [0.15, 0.2) is 80.9 Å². The highest BCUT2D eigenvalue weighted by Crippen LogP contribution is 2.37. The largest absolute Gasteiger partial charge is 0.297 e. The van der Waals surface area contributed by atoms with Gasteiger partial charge >= 0.3 is 0 Å². The SMILES string of the molecule is Cc1c(N=c2scc(-c3ccccc3)n2N=C2CC(C)CC(C)(C)C2)c(=O)n(-c2ccccc2)n1C. The van der Waals surface area contributed by atoms with Gasteiger partial charge in [-0.1, -0.05) is 69.3 Å². The lowest BCUT2D eigenvalue weighted by Gasteiger charge is -2.34. The highest BCUT2D eigenvalue weighted by Gasteiger charge is 2.30. The van der Waals surface area contributed by atoms with E-state index in [1.54, 1.807) is 4.68 Å². The lowest BCUT2D eigenvalue weighted by Crippen LogP contribution is -2.29. The number of nitrogens with zero attached hydrogens (tertiary/aromatic N) is 5. The summed E-state index contributed by atoms with van der Waals surface area (Å²) >= 11 is 1.52. The van der Waals surface area contributed by atoms with Crippen molar-refractivity contribution in [2.24, 2.45) is 28.5 Å². The second kappa shape index (κ2) is 9.54. The van der Waals surface area contributed by atoms with Gasteiger partial charge in [0.25, 0.3) is 5.56 Å². The molecule has 1 aliphatic carbocycles. The number of hydrogen-bond donors (Lipinski definition) is 0. The van der Waals surface area contributed by atoms with Crippen molar-refractivity contribution in [1.82, 2.24) is 14.0 Å². The van der Waals surface area contributed by atoms with E-state index in [0.29, 0.717) is 16.4 Å². The molecule has 1 fully saturated rings. The molecule has 1 unspecified atom stereocenters. The first kappa shape index (κ1) is 24.3. The van der Waals surface area contributed by atoms with Crippen LogP contribution in [0.1, 0.15) is 45.7 Å². The molecule has 0 N–H and O–H groups in total. The van der Waals surface area contributed by atoms with E-state index in [2.05, 4.69) is 38.3 Å². The lowest BCUT2D eigenvalue weighted by molar-refractivity contribution is 0.265. The Hall–Kier alpha value is -3.45. The van der Waals surface area contributed by atoms with Crippen molar-refractivity contribution in [2.45, 2.75) is 47.0 Å². The third-order valence-corrected chi connectivity index (χ3v) is 7.71. The van der Waals surface area contributed by atoms with Crippen molar-refractivity contribution in [3.05, 3.63) is 86.9 Å². The summed E-state index contributed by atoms with van der Waals surface area (Å²) in [5.41, 5.74) is 5.40. The lowest BCUT2D eigenvalue weighted by atomic mass is 9.72. The molecule has 0 saturated heterocycles. The molecular formula is C29H33N5OS. The monoisotopic (exact) mass is 499 g/mol. The van der Waals surface area contributed by atoms with Gasteiger partial charge in [-0.05, 0) is 49.7 Å². The molecule has 0 amide bonds. The first-order valence-electron chi connectivity index (χ1n) is 12.4. The van der Waals surface area contributed by atoms with Gasteiger partial charge in [-0.15, -0.1) is 11.3 Å². The average molecular weight is 500 g/mol. The zero-order valence-corrected chi connectivity index (χ0v) is 22.4. The summed E-state index contributed by atoms with van der Waals surface area (Å²) in [5, 5.41) is 7.26. The van der Waals surface area contributed by atoms with Crippen LogP contribution in [0.3, 0.4) is 0 Å². The van der Waals surface area contributed by atoms with Crippen LogP contribution in [0.5, 0.6) is 0 Å². The molecule has 36 heavy (non-hydrogen) atoms. The Kier molecular flexibility index (Phi) is 6.43. The minimum atomic E-state index is -0.137. The van der Waals surface area contributed by atoms with Crippen LogP contribution in [0.25, 0.3) is 16.9 Å². The summed E-state index contributed by atoms with van der Waals surface area (Å²) in [6, 6.07) is 19.9. The maximum atomic E-state index is 13.5. The zero-order chi connectivity index (χ0) is 25.4. The fraction of sp³-hybridized carbons (Fsp3) is 0.345. The topological polar surface area (TPSA) is 56.6 Å². The van der Waals surface area contributed by atoms with Gasteiger partial charge in [-0.3, -0.25) is 9.48 Å². The highest BCUT2D eigenvalue weighted by molar-refractivity contribution is 7.07. The minimum absolute atomic E-state index is 0.137. The summed E-state index contributed by atoms with van der Waals surface area (Å²) in [4.78, 5) is 19.2. The number of aromatic nitrogens is 3. The molecule has 0 radical (unpaired) electrons. The van der Waals surface area contributed by atoms with Crippen molar-refractivity contribution >= 4 is 22.7 Å². The van der Waals surface area contributed by atoms with Crippen molar-refractivity contribution in [3.63, 3.8) is 0 Å². The van der Waals surface area contributed by atoms with Crippen LogP contribution >= 0.6 is 11.3 Å². The molecule has 1 atom stereocenters. The number of benzene rings is 2. The van der Waals surface area contributed by atoms with Crippen LogP contribution in [-0.2, 0) is 7.05 Å². The molecule has 2 aromatic heterocycles. The number of hydrogen-bond acceptors (Lipinski definition) is 4. The average Bonchev–Trinajstić information content (AvgIpc) is 3.32. The summed E-state index contributed by atoms with van der Waals surface area (Å²) in [5.74, 6) is 0.585. The molecule has 1 aliphatic rings. The fourth-order valence-electron chi connectivity index (χ4n) is 5.39. The Morgan fingerprint density at radius 1 is 1.03 bits per heavy atom. The molecule has 0 spiro atoms. The van der Waals surface area contributed by atoms with Gasteiger partial charge in [0, 0.05) is 23.7 Å². The Morgan fingerprint density at radius 2 is 1.69 bits per heavy atom. The molecule has 2 aromatic carbocycles. The van der Waals surface area contributed by atoms with E-state index in [1.807, 2.05) is 71.9 Å². The summed E-state index contributed by atoms with van der Waals surface area (Å²) in [6.07, 6.45) is 3.13. The predicted molar refractivity (Wildman–Crippen MR) is 148 cm³/mol. The van der Waals surface area contributed by atoms with E-state index in [-0.39, 0.29) is 11.0 Å². The zero-order valence-electron chi connectivity index (χ0n) is 21.6. The molecule has 0 aliphatic heterocycles. The molecule has 2 heterocycles. The van der Waals surface area contributed by atoms with Gasteiger partial charge in [0.2, 0.25) is 4.80 Å². The first-order chi connectivity index (χ1) is 17.2. The third kappa shape index (κ3) is 4.67. The van der Waals surface area contributed by atoms with E-state index < -0.39 is 0 Å². The molecular weight excluding hydrogens is 466 g/mol. The molecule has 1 saturated carbocycles. The maximum absolute atomic E-state index is 13.5. The van der Waals surface area contributed by atoms with Crippen LogP contribution < -0.4 is 10.4 Å². The molecule has 7 heteroatoms. The van der Waals surface area contributed by atoms with Crippen molar-refractivity contribution < 1.29 is 0 Å². The maximum Gasteiger partial charge on any atom is 0.297 e. The van der Waals surface area contributed by atoms with Gasteiger partial charge in [0.05, 0.1) is 17.1 Å². The molecule has 6 nitrogen and oxygen atoms in total. The van der Waals surface area contributed by atoms with E-state index in [1.165, 1.54) is 23.5 Å². The second-order valence-electron chi connectivity index (χ2n) is 10.6. The predicted octanol–water partition coefficient (Wildman–Crippen LogP) is 6.30. The van der Waals surface area contributed by atoms with Gasteiger partial charge in [0.15, 0.2) is 5.69 Å². The fourth-order valence-corrected chi connectivity index (χ4v) is 6.23. The highest BCUT2D eigenvalue weighted by atomic mass is 32.1. The van der Waals surface area contributed by atoms with E-state index in [9.17, 15) is 4.79 Å². The van der Waals surface area contributed by atoms with E-state index in [0.717, 1.165) is 35.5 Å². The first-order valence-corrected chi connectivity index (χ1v) is 13.3. The Morgan fingerprint density at radius 3 is 2.36 bits per heavy atom. The summed E-state index contributed by atoms with van der Waals surface area (Å²) < 4.78 is 5.48. The normalized spacial score (nSPS) is 19.2. The smallest absolute Gasteiger partial charge is 0.283 e. The molecule has 4 aromatic rings. The number of para-hydroxylation sites is 1. The number of thiazole rings is 1.